The number of halogens is 1. The van der Waals surface area contributed by atoms with Crippen molar-refractivity contribution in [2.75, 3.05) is 5.33 Å². The van der Waals surface area contributed by atoms with Gasteiger partial charge in [-0.2, -0.15) is 0 Å². The highest BCUT2D eigenvalue weighted by Crippen LogP contribution is 2.24. The highest BCUT2D eigenvalue weighted by atomic mass is 79.9. The number of rotatable bonds is 5. The van der Waals surface area contributed by atoms with E-state index in [-0.39, 0.29) is 0 Å². The van der Waals surface area contributed by atoms with E-state index in [1.807, 2.05) is 0 Å². The minimum atomic E-state index is 0.341. The lowest BCUT2D eigenvalue weighted by atomic mass is 9.87. The predicted octanol–water partition coefficient (Wildman–Crippen LogP) is 4.32. The molecule has 0 amide bonds. The van der Waals surface area contributed by atoms with Crippen molar-refractivity contribution in [3.63, 3.8) is 0 Å². The Morgan fingerprint density at radius 2 is 1.92 bits per heavy atom. The van der Waals surface area contributed by atoms with Crippen LogP contribution in [0.4, 0.5) is 0 Å². The van der Waals surface area contributed by atoms with Gasteiger partial charge >= 0.3 is 0 Å². The van der Waals surface area contributed by atoms with Gasteiger partial charge in [0.05, 0.1) is 0 Å². The molecule has 0 aromatic carbocycles. The normalized spacial score (nSPS) is 13.3. The van der Waals surface area contributed by atoms with Crippen LogP contribution < -0.4 is 0 Å². The van der Waals surface area contributed by atoms with Crippen LogP contribution in [0.2, 0.25) is 0 Å². The average molecular weight is 231 g/mol. The Labute approximate surface area is 84.9 Å². The second-order valence-electron chi connectivity index (χ2n) is 3.65. The van der Waals surface area contributed by atoms with Gasteiger partial charge in [0.25, 0.3) is 0 Å². The summed E-state index contributed by atoms with van der Waals surface area (Å²) in [6.45, 7) is 6.62. The molecule has 0 fully saturated rings. The smallest absolute Gasteiger partial charge is 0.0212 e. The summed E-state index contributed by atoms with van der Waals surface area (Å²) < 4.78 is 0. The molecule has 12 heavy (non-hydrogen) atoms. The standard InChI is InChI=1S/C11H19Br/c1-4-5-6-8-11(2,3)9-7-10-12/h4-5,7,9H,6,8,10H2,1-3H3/b5-4+,9-7+. The van der Waals surface area contributed by atoms with E-state index in [4.69, 9.17) is 0 Å². The maximum atomic E-state index is 3.38. The van der Waals surface area contributed by atoms with E-state index in [2.05, 4.69) is 61.0 Å². The van der Waals surface area contributed by atoms with Crippen LogP contribution in [-0.2, 0) is 0 Å². The number of hydrogen-bond acceptors (Lipinski definition) is 0. The van der Waals surface area contributed by atoms with Crippen LogP contribution in [0.1, 0.15) is 33.6 Å². The first-order valence-electron chi connectivity index (χ1n) is 4.47. The molecule has 0 spiro atoms. The molecule has 0 aliphatic rings. The fraction of sp³-hybridized carbons (Fsp3) is 0.636. The monoisotopic (exact) mass is 230 g/mol. The van der Waals surface area contributed by atoms with Crippen LogP contribution in [0.25, 0.3) is 0 Å². The first-order chi connectivity index (χ1) is 5.62. The zero-order valence-electron chi connectivity index (χ0n) is 8.31. The highest BCUT2D eigenvalue weighted by molar-refractivity contribution is 9.09. The molecule has 0 unspecified atom stereocenters. The Morgan fingerprint density at radius 3 is 2.42 bits per heavy atom. The zero-order chi connectivity index (χ0) is 9.45. The molecule has 0 atom stereocenters. The Hall–Kier alpha value is -0.0400. The first kappa shape index (κ1) is 12.0. The third-order valence-electron chi connectivity index (χ3n) is 1.85. The average Bonchev–Trinajstić information content (AvgIpc) is 2.01. The van der Waals surface area contributed by atoms with Gasteiger partial charge in [-0.1, -0.05) is 54.1 Å². The van der Waals surface area contributed by atoms with Crippen LogP contribution >= 0.6 is 15.9 Å². The highest BCUT2D eigenvalue weighted by Gasteiger charge is 2.11. The molecule has 0 nitrogen and oxygen atoms in total. The molecule has 0 aromatic rings. The van der Waals surface area contributed by atoms with Crippen molar-refractivity contribution in [1.29, 1.82) is 0 Å². The van der Waals surface area contributed by atoms with Crippen molar-refractivity contribution in [3.8, 4) is 0 Å². The van der Waals surface area contributed by atoms with Crippen molar-refractivity contribution < 1.29 is 0 Å². The molecular formula is C11H19Br. The second kappa shape index (κ2) is 6.47. The van der Waals surface area contributed by atoms with Crippen LogP contribution in [0.5, 0.6) is 0 Å². The summed E-state index contributed by atoms with van der Waals surface area (Å²) >= 11 is 3.38. The molecule has 0 N–H and O–H groups in total. The van der Waals surface area contributed by atoms with E-state index >= 15 is 0 Å². The number of alkyl halides is 1. The van der Waals surface area contributed by atoms with Crippen molar-refractivity contribution in [3.05, 3.63) is 24.3 Å². The molecule has 1 heteroatoms. The van der Waals surface area contributed by atoms with Gasteiger partial charge in [0.1, 0.15) is 0 Å². The SMILES string of the molecule is C/C=C/CCC(C)(C)/C=C/CBr. The minimum Gasteiger partial charge on any atom is -0.0917 e. The maximum Gasteiger partial charge on any atom is 0.0212 e. The van der Waals surface area contributed by atoms with Gasteiger partial charge in [-0.3, -0.25) is 0 Å². The van der Waals surface area contributed by atoms with Gasteiger partial charge in [0.2, 0.25) is 0 Å². The summed E-state index contributed by atoms with van der Waals surface area (Å²) in [6, 6.07) is 0. The van der Waals surface area contributed by atoms with Crippen molar-refractivity contribution in [2.24, 2.45) is 5.41 Å². The Kier molecular flexibility index (Phi) is 6.45. The van der Waals surface area contributed by atoms with E-state index in [9.17, 15) is 0 Å². The first-order valence-corrected chi connectivity index (χ1v) is 5.59. The van der Waals surface area contributed by atoms with E-state index in [0.29, 0.717) is 5.41 Å². The molecule has 0 aliphatic heterocycles. The summed E-state index contributed by atoms with van der Waals surface area (Å²) in [7, 11) is 0. The van der Waals surface area contributed by atoms with Crippen molar-refractivity contribution in [2.45, 2.75) is 33.6 Å². The van der Waals surface area contributed by atoms with E-state index in [1.54, 1.807) is 0 Å². The molecule has 0 heterocycles. The molecule has 0 saturated carbocycles. The molecule has 0 bridgehead atoms. The summed E-state index contributed by atoms with van der Waals surface area (Å²) in [5.74, 6) is 0. The lowest BCUT2D eigenvalue weighted by Crippen LogP contribution is -2.06. The van der Waals surface area contributed by atoms with Crippen LogP contribution in [-0.4, -0.2) is 5.33 Å². The topological polar surface area (TPSA) is 0 Å². The van der Waals surface area contributed by atoms with Gasteiger partial charge in [-0.15, -0.1) is 0 Å². The van der Waals surface area contributed by atoms with Crippen LogP contribution in [0, 0.1) is 5.41 Å². The maximum absolute atomic E-state index is 3.38. The van der Waals surface area contributed by atoms with Gasteiger partial charge in [0.15, 0.2) is 0 Å². The Balaban J connectivity index is 3.78. The van der Waals surface area contributed by atoms with Gasteiger partial charge in [-0.25, -0.2) is 0 Å². The molecule has 0 radical (unpaired) electrons. The van der Waals surface area contributed by atoms with Gasteiger partial charge < -0.3 is 0 Å². The molecule has 70 valence electrons. The summed E-state index contributed by atoms with van der Waals surface area (Å²) in [5, 5.41) is 0.958. The molecule has 0 aromatic heterocycles. The number of hydrogen-bond donors (Lipinski definition) is 0. The van der Waals surface area contributed by atoms with Crippen molar-refractivity contribution in [1.82, 2.24) is 0 Å². The number of allylic oxidation sites excluding steroid dienone is 4. The quantitative estimate of drug-likeness (QED) is 0.488. The summed E-state index contributed by atoms with van der Waals surface area (Å²) in [6.07, 6.45) is 11.2. The predicted molar refractivity (Wildman–Crippen MR) is 60.8 cm³/mol. The molecule has 0 saturated heterocycles. The lowest BCUT2D eigenvalue weighted by molar-refractivity contribution is 0.442. The Morgan fingerprint density at radius 1 is 1.25 bits per heavy atom. The third-order valence-corrected chi connectivity index (χ3v) is 2.22. The van der Waals surface area contributed by atoms with Gasteiger partial charge in [-0.05, 0) is 25.2 Å². The minimum absolute atomic E-state index is 0.341. The van der Waals surface area contributed by atoms with E-state index in [0.717, 1.165) is 5.33 Å². The third kappa shape index (κ3) is 6.66. The fourth-order valence-corrected chi connectivity index (χ4v) is 1.26. The molecule has 0 aliphatic carbocycles. The van der Waals surface area contributed by atoms with E-state index in [1.165, 1.54) is 12.8 Å². The van der Waals surface area contributed by atoms with Crippen LogP contribution in [0.3, 0.4) is 0 Å². The van der Waals surface area contributed by atoms with Crippen molar-refractivity contribution >= 4 is 15.9 Å². The Bertz CT molecular complexity index is 154. The van der Waals surface area contributed by atoms with E-state index < -0.39 is 0 Å². The summed E-state index contributed by atoms with van der Waals surface area (Å²) in [5.41, 5.74) is 0.341. The fourth-order valence-electron chi connectivity index (χ4n) is 1.07. The second-order valence-corrected chi connectivity index (χ2v) is 4.30. The summed E-state index contributed by atoms with van der Waals surface area (Å²) in [4.78, 5) is 0. The van der Waals surface area contributed by atoms with Gasteiger partial charge in [0, 0.05) is 5.33 Å². The lowest BCUT2D eigenvalue weighted by Gasteiger charge is -2.18. The molecular weight excluding hydrogens is 212 g/mol. The molecule has 0 rings (SSSR count). The van der Waals surface area contributed by atoms with Crippen LogP contribution in [0.15, 0.2) is 24.3 Å². The largest absolute Gasteiger partial charge is 0.0917 e. The zero-order valence-corrected chi connectivity index (χ0v) is 9.89.